The number of hydrogen-bond acceptors (Lipinski definition) is 3. The Morgan fingerprint density at radius 2 is 2.12 bits per heavy atom. The van der Waals surface area contributed by atoms with E-state index in [0.717, 1.165) is 18.2 Å². The molecule has 0 aliphatic heterocycles. The van der Waals surface area contributed by atoms with E-state index in [-0.39, 0.29) is 11.5 Å². The number of nitrogen functional groups attached to an aromatic ring is 1. The number of nitrogens with two attached hydrogens (primary N) is 1. The van der Waals surface area contributed by atoms with Crippen molar-refractivity contribution >= 4 is 5.82 Å². The van der Waals surface area contributed by atoms with Gasteiger partial charge in [0, 0.05) is 6.07 Å². The largest absolute Gasteiger partial charge is 0.381 e. The van der Waals surface area contributed by atoms with Crippen LogP contribution in [0.15, 0.2) is 18.2 Å². The second-order valence-electron chi connectivity index (χ2n) is 3.28. The Balaban J connectivity index is 2.62. The molecule has 0 aliphatic rings. The summed E-state index contributed by atoms with van der Waals surface area (Å²) in [4.78, 5) is 0. The second-order valence-corrected chi connectivity index (χ2v) is 3.28. The maximum absolute atomic E-state index is 13.5. The smallest absolute Gasteiger partial charge is 0.169 e. The molecular weight excluding hydrogens is 214 g/mol. The normalized spacial score (nSPS) is 10.7. The lowest BCUT2D eigenvalue weighted by Gasteiger charge is -2.05. The quantitative estimate of drug-likeness (QED) is 0.844. The fourth-order valence-electron chi connectivity index (χ4n) is 1.49. The third-order valence-electron chi connectivity index (χ3n) is 2.26. The molecule has 2 N–H and O–H groups in total. The molecule has 0 atom stereocenters. The van der Waals surface area contributed by atoms with E-state index in [9.17, 15) is 8.78 Å². The highest BCUT2D eigenvalue weighted by molar-refractivity contribution is 5.41. The third kappa shape index (κ3) is 1.62. The van der Waals surface area contributed by atoms with Gasteiger partial charge in [-0.15, -0.1) is 5.10 Å². The van der Waals surface area contributed by atoms with Gasteiger partial charge in [0.1, 0.15) is 17.3 Å². The van der Waals surface area contributed by atoms with Gasteiger partial charge >= 0.3 is 0 Å². The first kappa shape index (κ1) is 10.5. The van der Waals surface area contributed by atoms with Crippen LogP contribution in [0.4, 0.5) is 14.6 Å². The molecule has 1 aromatic carbocycles. The zero-order valence-corrected chi connectivity index (χ0v) is 8.61. The fourth-order valence-corrected chi connectivity index (χ4v) is 1.49. The molecule has 2 aromatic rings. The van der Waals surface area contributed by atoms with Crippen LogP contribution in [0.3, 0.4) is 0 Å². The third-order valence-corrected chi connectivity index (χ3v) is 2.26. The molecule has 0 fully saturated rings. The first-order valence-corrected chi connectivity index (χ1v) is 4.79. The Kier molecular flexibility index (Phi) is 2.55. The van der Waals surface area contributed by atoms with Gasteiger partial charge in [-0.2, -0.15) is 0 Å². The fraction of sp³-hybridized carbons (Fsp3) is 0.200. The average Bonchev–Trinajstić information content (AvgIpc) is 2.63. The Hall–Kier alpha value is -1.98. The molecule has 84 valence electrons. The van der Waals surface area contributed by atoms with Crippen molar-refractivity contribution in [2.45, 2.75) is 13.3 Å². The van der Waals surface area contributed by atoms with E-state index < -0.39 is 11.6 Å². The van der Waals surface area contributed by atoms with Gasteiger partial charge in [-0.3, -0.25) is 0 Å². The topological polar surface area (TPSA) is 56.7 Å². The Labute approximate surface area is 90.7 Å². The van der Waals surface area contributed by atoms with E-state index in [1.807, 2.05) is 6.92 Å². The molecule has 0 aliphatic carbocycles. The summed E-state index contributed by atoms with van der Waals surface area (Å²) in [5.74, 6) is -0.875. The Bertz CT molecular complexity index is 522. The lowest BCUT2D eigenvalue weighted by molar-refractivity contribution is 0.581. The molecule has 0 bridgehead atoms. The molecule has 1 aromatic heterocycles. The Morgan fingerprint density at radius 1 is 1.38 bits per heavy atom. The van der Waals surface area contributed by atoms with Crippen molar-refractivity contribution < 1.29 is 8.78 Å². The number of aromatic nitrogens is 3. The molecule has 16 heavy (non-hydrogen) atoms. The van der Waals surface area contributed by atoms with Crippen LogP contribution in [0, 0.1) is 11.6 Å². The van der Waals surface area contributed by atoms with Crippen molar-refractivity contribution in [2.75, 3.05) is 5.73 Å². The summed E-state index contributed by atoms with van der Waals surface area (Å²) >= 11 is 0. The minimum atomic E-state index is -0.569. The number of anilines is 1. The Morgan fingerprint density at radius 3 is 2.81 bits per heavy atom. The predicted molar refractivity (Wildman–Crippen MR) is 55.1 cm³/mol. The lowest BCUT2D eigenvalue weighted by atomic mass is 10.2. The second kappa shape index (κ2) is 3.88. The maximum atomic E-state index is 13.5. The molecule has 2 rings (SSSR count). The van der Waals surface area contributed by atoms with Gasteiger partial charge in [-0.25, -0.2) is 13.5 Å². The average molecular weight is 224 g/mol. The summed E-state index contributed by atoms with van der Waals surface area (Å²) < 4.78 is 27.7. The summed E-state index contributed by atoms with van der Waals surface area (Å²) in [5.41, 5.74) is 6.14. The number of hydrogen-bond donors (Lipinski definition) is 1. The number of nitrogens with zero attached hydrogens (tertiary/aromatic N) is 3. The lowest BCUT2D eigenvalue weighted by Crippen LogP contribution is -2.05. The van der Waals surface area contributed by atoms with E-state index in [0.29, 0.717) is 12.1 Å². The van der Waals surface area contributed by atoms with Crippen LogP contribution in [-0.4, -0.2) is 15.0 Å². The van der Waals surface area contributed by atoms with E-state index >= 15 is 0 Å². The SMILES string of the molecule is CCc1c(N)nnn1-c1cc(F)ccc1F. The minimum Gasteiger partial charge on any atom is -0.381 e. The zero-order chi connectivity index (χ0) is 11.7. The zero-order valence-electron chi connectivity index (χ0n) is 8.61. The molecule has 6 heteroatoms. The van der Waals surface area contributed by atoms with Crippen LogP contribution in [-0.2, 0) is 6.42 Å². The summed E-state index contributed by atoms with van der Waals surface area (Å²) in [7, 11) is 0. The first-order chi connectivity index (χ1) is 7.63. The van der Waals surface area contributed by atoms with Crippen LogP contribution in [0.1, 0.15) is 12.6 Å². The summed E-state index contributed by atoms with van der Waals surface area (Å²) in [6.45, 7) is 1.84. The highest BCUT2D eigenvalue weighted by Gasteiger charge is 2.13. The highest BCUT2D eigenvalue weighted by atomic mass is 19.1. The molecule has 0 radical (unpaired) electrons. The van der Waals surface area contributed by atoms with Crippen molar-refractivity contribution in [3.63, 3.8) is 0 Å². The molecular formula is C10H10F2N4. The van der Waals surface area contributed by atoms with E-state index in [4.69, 9.17) is 5.73 Å². The van der Waals surface area contributed by atoms with Crippen molar-refractivity contribution in [1.29, 1.82) is 0 Å². The number of benzene rings is 1. The summed E-state index contributed by atoms with van der Waals surface area (Å²) in [5, 5.41) is 7.33. The van der Waals surface area contributed by atoms with E-state index in [2.05, 4.69) is 10.3 Å². The highest BCUT2D eigenvalue weighted by Crippen LogP contribution is 2.18. The molecule has 0 saturated heterocycles. The van der Waals surface area contributed by atoms with E-state index in [1.165, 1.54) is 4.68 Å². The van der Waals surface area contributed by atoms with Crippen molar-refractivity contribution in [3.8, 4) is 5.69 Å². The van der Waals surface area contributed by atoms with Gasteiger partial charge in [0.25, 0.3) is 0 Å². The number of halogens is 2. The van der Waals surface area contributed by atoms with Crippen LogP contribution in [0.5, 0.6) is 0 Å². The summed E-state index contributed by atoms with van der Waals surface area (Å²) in [6, 6.07) is 3.15. The molecule has 0 saturated carbocycles. The van der Waals surface area contributed by atoms with Gasteiger partial charge in [-0.1, -0.05) is 12.1 Å². The maximum Gasteiger partial charge on any atom is 0.169 e. The molecule has 0 unspecified atom stereocenters. The summed E-state index contributed by atoms with van der Waals surface area (Å²) in [6.07, 6.45) is 0.536. The van der Waals surface area contributed by atoms with Crippen LogP contribution in [0.2, 0.25) is 0 Å². The van der Waals surface area contributed by atoms with E-state index in [1.54, 1.807) is 0 Å². The molecule has 1 heterocycles. The van der Waals surface area contributed by atoms with Crippen molar-refractivity contribution in [1.82, 2.24) is 15.0 Å². The first-order valence-electron chi connectivity index (χ1n) is 4.79. The van der Waals surface area contributed by atoms with Crippen LogP contribution >= 0.6 is 0 Å². The van der Waals surface area contributed by atoms with Crippen molar-refractivity contribution in [3.05, 3.63) is 35.5 Å². The van der Waals surface area contributed by atoms with Gasteiger partial charge < -0.3 is 5.73 Å². The standard InChI is InChI=1S/C10H10F2N4/c1-2-8-10(13)14-15-16(8)9-5-6(11)3-4-7(9)12/h3-5H,2,13H2,1H3. The minimum absolute atomic E-state index is 0.0149. The van der Waals surface area contributed by atoms with Crippen LogP contribution in [0.25, 0.3) is 5.69 Å². The molecule has 0 spiro atoms. The van der Waals surface area contributed by atoms with Crippen LogP contribution < -0.4 is 5.73 Å². The van der Waals surface area contributed by atoms with Crippen molar-refractivity contribution in [2.24, 2.45) is 0 Å². The van der Waals surface area contributed by atoms with Gasteiger partial charge in [0.2, 0.25) is 0 Å². The van der Waals surface area contributed by atoms with Gasteiger partial charge in [0.15, 0.2) is 5.82 Å². The van der Waals surface area contributed by atoms with Gasteiger partial charge in [-0.05, 0) is 18.6 Å². The molecule has 0 amide bonds. The predicted octanol–water partition coefficient (Wildman–Crippen LogP) is 1.69. The van der Waals surface area contributed by atoms with Gasteiger partial charge in [0.05, 0.1) is 5.69 Å². The molecule has 4 nitrogen and oxygen atoms in total. The monoisotopic (exact) mass is 224 g/mol. The number of rotatable bonds is 2.